The third kappa shape index (κ3) is 4.43. The number of carbonyl (C=O) groups is 2. The molecule has 1 aromatic carbocycles. The number of nitrogens with zero attached hydrogens (tertiary/aromatic N) is 1. The minimum Gasteiger partial charge on any atom is -0.357 e. The van der Waals surface area contributed by atoms with Gasteiger partial charge in [0, 0.05) is 30.1 Å². The monoisotopic (exact) mass is 415 g/mol. The number of hydrogen-bond donors (Lipinski definition) is 2. The van der Waals surface area contributed by atoms with E-state index in [2.05, 4.69) is 28.1 Å². The highest BCUT2D eigenvalue weighted by Crippen LogP contribution is 2.27. The zero-order valence-electron chi connectivity index (χ0n) is 16.3. The quantitative estimate of drug-likeness (QED) is 0.595. The zero-order chi connectivity index (χ0) is 20.1. The second-order valence-corrected chi connectivity index (χ2v) is 8.61. The molecule has 0 bridgehead atoms. The summed E-state index contributed by atoms with van der Waals surface area (Å²) in [5, 5.41) is 11.1. The Kier molecular flexibility index (Phi) is 6.83. The lowest BCUT2D eigenvalue weighted by Gasteiger charge is -2.30. The Morgan fingerprint density at radius 2 is 1.86 bits per heavy atom. The van der Waals surface area contributed by atoms with Gasteiger partial charge < -0.3 is 15.5 Å². The van der Waals surface area contributed by atoms with Crippen molar-refractivity contribution < 1.29 is 9.59 Å². The molecule has 2 heterocycles. The van der Waals surface area contributed by atoms with Crippen LogP contribution in [0.25, 0.3) is 10.1 Å². The van der Waals surface area contributed by atoms with Crippen molar-refractivity contribution in [1.29, 1.82) is 0 Å². The molecule has 0 aliphatic rings. The molecule has 2 amide bonds. The van der Waals surface area contributed by atoms with Gasteiger partial charge in [-0.1, -0.05) is 24.3 Å². The topological polar surface area (TPSA) is 61.4 Å². The zero-order valence-corrected chi connectivity index (χ0v) is 17.9. The Balaban J connectivity index is 1.78. The van der Waals surface area contributed by atoms with Crippen molar-refractivity contribution in [2.45, 2.75) is 24.9 Å². The molecule has 2 atom stereocenters. The minimum absolute atomic E-state index is 0.0806. The van der Waals surface area contributed by atoms with Crippen molar-refractivity contribution in [3.8, 4) is 0 Å². The van der Waals surface area contributed by atoms with Crippen LogP contribution >= 0.6 is 22.7 Å². The van der Waals surface area contributed by atoms with Gasteiger partial charge in [0.1, 0.15) is 6.04 Å². The van der Waals surface area contributed by atoms with E-state index in [0.717, 1.165) is 10.4 Å². The second kappa shape index (κ2) is 9.32. The molecule has 0 fully saturated rings. The highest BCUT2D eigenvalue weighted by atomic mass is 32.1. The van der Waals surface area contributed by atoms with Crippen molar-refractivity contribution in [2.24, 2.45) is 0 Å². The van der Waals surface area contributed by atoms with Gasteiger partial charge in [-0.3, -0.25) is 9.59 Å². The van der Waals surface area contributed by atoms with E-state index in [-0.39, 0.29) is 11.8 Å². The largest absolute Gasteiger partial charge is 0.357 e. The van der Waals surface area contributed by atoms with Crippen LogP contribution in [-0.4, -0.2) is 49.9 Å². The van der Waals surface area contributed by atoms with E-state index in [1.54, 1.807) is 48.7 Å². The molecule has 0 aliphatic heterocycles. The van der Waals surface area contributed by atoms with E-state index in [9.17, 15) is 9.59 Å². The van der Waals surface area contributed by atoms with Gasteiger partial charge in [-0.25, -0.2) is 0 Å². The summed E-state index contributed by atoms with van der Waals surface area (Å²) in [4.78, 5) is 28.3. The molecule has 28 heavy (non-hydrogen) atoms. The highest BCUT2D eigenvalue weighted by molar-refractivity contribution is 7.17. The van der Waals surface area contributed by atoms with Gasteiger partial charge in [-0.15, -0.1) is 22.7 Å². The molecule has 0 radical (unpaired) electrons. The summed E-state index contributed by atoms with van der Waals surface area (Å²) >= 11 is 3.28. The summed E-state index contributed by atoms with van der Waals surface area (Å²) in [6.07, 6.45) is 1.10. The summed E-state index contributed by atoms with van der Waals surface area (Å²) in [6.45, 7) is 0. The number of amides is 2. The number of likely N-dealkylation sites (N-methyl/N-ethyl adjacent to an activating group) is 3. The van der Waals surface area contributed by atoms with E-state index in [1.807, 2.05) is 29.6 Å². The Labute approximate surface area is 173 Å². The Hall–Kier alpha value is -2.22. The lowest BCUT2D eigenvalue weighted by Crippen LogP contribution is -2.53. The lowest BCUT2D eigenvalue weighted by atomic mass is 10.0. The van der Waals surface area contributed by atoms with Gasteiger partial charge in [-0.2, -0.15) is 0 Å². The van der Waals surface area contributed by atoms with Gasteiger partial charge in [0.15, 0.2) is 0 Å². The molecule has 2 aromatic heterocycles. The maximum atomic E-state index is 13.2. The van der Waals surface area contributed by atoms with Crippen molar-refractivity contribution in [2.75, 3.05) is 21.1 Å². The standard InChI is InChI=1S/C21H25N3O2S2/c1-22-17(11-14-13-28-19-9-5-4-8-16(14)19)21(26)24(3)18(20(25)23-2)12-15-7-6-10-27-15/h4-10,13,17-18,22H,11-12H2,1-3H3,(H,23,25)/t17-,18-/m1/s1. The maximum Gasteiger partial charge on any atom is 0.242 e. The number of nitrogens with one attached hydrogen (secondary N) is 2. The van der Waals surface area contributed by atoms with E-state index < -0.39 is 12.1 Å². The molecule has 2 N–H and O–H groups in total. The Morgan fingerprint density at radius 3 is 2.54 bits per heavy atom. The number of benzene rings is 1. The molecule has 0 aliphatic carbocycles. The Morgan fingerprint density at radius 1 is 1.07 bits per heavy atom. The third-order valence-electron chi connectivity index (χ3n) is 4.97. The maximum absolute atomic E-state index is 13.2. The van der Waals surface area contributed by atoms with Crippen LogP contribution in [0.15, 0.2) is 47.2 Å². The minimum atomic E-state index is -0.536. The molecule has 0 unspecified atom stereocenters. The van der Waals surface area contributed by atoms with Crippen LogP contribution in [0.2, 0.25) is 0 Å². The average molecular weight is 416 g/mol. The molecule has 3 rings (SSSR count). The van der Waals surface area contributed by atoms with Crippen LogP contribution < -0.4 is 10.6 Å². The molecule has 5 nitrogen and oxygen atoms in total. The summed E-state index contributed by atoms with van der Waals surface area (Å²) in [6, 6.07) is 11.2. The van der Waals surface area contributed by atoms with E-state index in [1.165, 1.54) is 10.1 Å². The normalized spacial score (nSPS) is 13.2. The first kappa shape index (κ1) is 20.5. The van der Waals surface area contributed by atoms with Gasteiger partial charge >= 0.3 is 0 Å². The van der Waals surface area contributed by atoms with Crippen LogP contribution in [0.4, 0.5) is 0 Å². The first-order valence-corrected chi connectivity index (χ1v) is 10.9. The number of fused-ring (bicyclic) bond motifs is 1. The predicted octanol–water partition coefficient (Wildman–Crippen LogP) is 2.91. The Bertz CT molecular complexity index is 936. The summed E-state index contributed by atoms with van der Waals surface area (Å²) in [5.74, 6) is -0.233. The van der Waals surface area contributed by atoms with Gasteiger partial charge in [0.2, 0.25) is 11.8 Å². The molecule has 0 saturated carbocycles. The molecular weight excluding hydrogens is 390 g/mol. The SMILES string of the molecule is CNC(=O)[C@@H](Cc1cccs1)N(C)C(=O)[C@@H](Cc1csc2ccccc12)NC. The van der Waals surface area contributed by atoms with Crippen LogP contribution in [0.1, 0.15) is 10.4 Å². The fourth-order valence-electron chi connectivity index (χ4n) is 3.31. The molecule has 3 aromatic rings. The fraction of sp³-hybridized carbons (Fsp3) is 0.333. The van der Waals surface area contributed by atoms with Gasteiger partial charge in [0.25, 0.3) is 0 Å². The van der Waals surface area contributed by atoms with Crippen LogP contribution in [0.5, 0.6) is 0 Å². The van der Waals surface area contributed by atoms with E-state index in [4.69, 9.17) is 0 Å². The molecule has 148 valence electrons. The number of carbonyl (C=O) groups excluding carboxylic acids is 2. The molecule has 7 heteroatoms. The predicted molar refractivity (Wildman–Crippen MR) is 117 cm³/mol. The lowest BCUT2D eigenvalue weighted by molar-refractivity contribution is -0.140. The number of thiophene rings is 2. The van der Waals surface area contributed by atoms with Crippen molar-refractivity contribution in [3.05, 3.63) is 57.6 Å². The van der Waals surface area contributed by atoms with Crippen LogP contribution in [0, 0.1) is 0 Å². The first-order chi connectivity index (χ1) is 13.5. The average Bonchev–Trinajstić information content (AvgIpc) is 3.38. The van der Waals surface area contributed by atoms with E-state index in [0.29, 0.717) is 12.8 Å². The van der Waals surface area contributed by atoms with Crippen LogP contribution in [-0.2, 0) is 22.4 Å². The van der Waals surface area contributed by atoms with Gasteiger partial charge in [0.05, 0.1) is 6.04 Å². The van der Waals surface area contributed by atoms with Crippen molar-refractivity contribution in [1.82, 2.24) is 15.5 Å². The number of rotatable bonds is 8. The summed E-state index contributed by atoms with van der Waals surface area (Å²) < 4.78 is 1.22. The summed E-state index contributed by atoms with van der Waals surface area (Å²) in [5.41, 5.74) is 1.15. The second-order valence-electron chi connectivity index (χ2n) is 6.67. The molecule has 0 spiro atoms. The highest BCUT2D eigenvalue weighted by Gasteiger charge is 2.31. The number of hydrogen-bond acceptors (Lipinski definition) is 5. The first-order valence-electron chi connectivity index (χ1n) is 9.18. The van der Waals surface area contributed by atoms with E-state index >= 15 is 0 Å². The smallest absolute Gasteiger partial charge is 0.242 e. The van der Waals surface area contributed by atoms with Gasteiger partial charge in [-0.05, 0) is 47.3 Å². The molecule has 0 saturated heterocycles. The van der Waals surface area contributed by atoms with Crippen LogP contribution in [0.3, 0.4) is 0 Å². The van der Waals surface area contributed by atoms with Crippen molar-refractivity contribution in [3.63, 3.8) is 0 Å². The third-order valence-corrected chi connectivity index (χ3v) is 6.88. The summed E-state index contributed by atoms with van der Waals surface area (Å²) in [7, 11) is 5.11. The van der Waals surface area contributed by atoms with Crippen molar-refractivity contribution >= 4 is 44.6 Å². The fourth-order valence-corrected chi connectivity index (χ4v) is 5.03. The molecular formula is C21H25N3O2S2.